The van der Waals surface area contributed by atoms with E-state index < -0.39 is 0 Å². The summed E-state index contributed by atoms with van der Waals surface area (Å²) in [6, 6.07) is 4.03. The topological polar surface area (TPSA) is 66.6 Å². The summed E-state index contributed by atoms with van der Waals surface area (Å²) in [4.78, 5) is 22.6. The number of hydrogen-bond acceptors (Lipinski definition) is 5. The van der Waals surface area contributed by atoms with Crippen molar-refractivity contribution in [2.45, 2.75) is 52.9 Å². The standard InChI is InChI=1S/C22H30N6O/c1-5-26(6-2)22(29)17-18(27-13-8-7-9-14-27)16-11-10-12-23-20(16)28-19(15(3)4)24-25-21(17)28/h10-12,15H,5-9,13-14H2,1-4H3. The summed E-state index contributed by atoms with van der Waals surface area (Å²) in [5.74, 6) is 1.03. The first-order valence-electron chi connectivity index (χ1n) is 10.8. The van der Waals surface area contributed by atoms with Crippen molar-refractivity contribution in [2.75, 3.05) is 31.1 Å². The van der Waals surface area contributed by atoms with Gasteiger partial charge in [0.1, 0.15) is 17.0 Å². The summed E-state index contributed by atoms with van der Waals surface area (Å²) in [6.07, 6.45) is 5.31. The number of amides is 1. The van der Waals surface area contributed by atoms with Crippen LogP contribution in [0.4, 0.5) is 5.69 Å². The minimum Gasteiger partial charge on any atom is -0.370 e. The molecule has 1 amide bonds. The number of pyridine rings is 2. The first-order valence-corrected chi connectivity index (χ1v) is 10.8. The average Bonchev–Trinajstić information content (AvgIpc) is 3.19. The second-order valence-electron chi connectivity index (χ2n) is 8.00. The second kappa shape index (κ2) is 7.97. The highest BCUT2D eigenvalue weighted by Crippen LogP contribution is 2.36. The molecule has 0 radical (unpaired) electrons. The third-order valence-electron chi connectivity index (χ3n) is 5.86. The molecule has 3 aromatic rings. The summed E-state index contributed by atoms with van der Waals surface area (Å²) < 4.78 is 1.99. The first-order chi connectivity index (χ1) is 14.1. The number of rotatable bonds is 5. The van der Waals surface area contributed by atoms with Crippen molar-refractivity contribution >= 4 is 28.3 Å². The van der Waals surface area contributed by atoms with Crippen LogP contribution in [0.1, 0.15) is 69.1 Å². The Bertz CT molecular complexity index is 1030. The van der Waals surface area contributed by atoms with Gasteiger partial charge in [0.05, 0.1) is 5.69 Å². The van der Waals surface area contributed by atoms with Gasteiger partial charge in [0.25, 0.3) is 5.91 Å². The van der Waals surface area contributed by atoms with E-state index in [0.717, 1.165) is 48.5 Å². The highest BCUT2D eigenvalue weighted by atomic mass is 16.2. The Balaban J connectivity index is 2.11. The van der Waals surface area contributed by atoms with Crippen LogP contribution in [-0.2, 0) is 0 Å². The Morgan fingerprint density at radius 3 is 2.48 bits per heavy atom. The fourth-order valence-corrected chi connectivity index (χ4v) is 4.35. The average molecular weight is 395 g/mol. The summed E-state index contributed by atoms with van der Waals surface area (Å²) in [5.41, 5.74) is 3.08. The van der Waals surface area contributed by atoms with Crippen LogP contribution in [-0.4, -0.2) is 56.6 Å². The molecule has 7 heteroatoms. The van der Waals surface area contributed by atoms with Crippen molar-refractivity contribution in [3.05, 3.63) is 29.7 Å². The van der Waals surface area contributed by atoms with Gasteiger partial charge in [-0.15, -0.1) is 10.2 Å². The van der Waals surface area contributed by atoms with Crippen LogP contribution in [0.5, 0.6) is 0 Å². The van der Waals surface area contributed by atoms with Crippen molar-refractivity contribution in [1.29, 1.82) is 0 Å². The van der Waals surface area contributed by atoms with E-state index in [2.05, 4.69) is 35.0 Å². The number of hydrogen-bond donors (Lipinski definition) is 0. The SMILES string of the molecule is CCN(CC)C(=O)c1c(N2CCCCC2)c2cccnc2n2c(C(C)C)nnc12. The molecule has 29 heavy (non-hydrogen) atoms. The van der Waals surface area contributed by atoms with E-state index in [9.17, 15) is 4.79 Å². The fraction of sp³-hybridized carbons (Fsp3) is 0.545. The Hall–Kier alpha value is -2.70. The monoisotopic (exact) mass is 394 g/mol. The third kappa shape index (κ3) is 3.22. The Morgan fingerprint density at radius 2 is 1.83 bits per heavy atom. The van der Waals surface area contributed by atoms with Gasteiger partial charge < -0.3 is 9.80 Å². The molecule has 0 atom stereocenters. The predicted molar refractivity (Wildman–Crippen MR) is 116 cm³/mol. The van der Waals surface area contributed by atoms with Crippen molar-refractivity contribution in [1.82, 2.24) is 24.5 Å². The van der Waals surface area contributed by atoms with E-state index >= 15 is 0 Å². The third-order valence-corrected chi connectivity index (χ3v) is 5.86. The zero-order valence-corrected chi connectivity index (χ0v) is 17.9. The zero-order chi connectivity index (χ0) is 20.5. The summed E-state index contributed by atoms with van der Waals surface area (Å²) in [7, 11) is 0. The van der Waals surface area contributed by atoms with Gasteiger partial charge in [0.2, 0.25) is 0 Å². The Kier molecular flexibility index (Phi) is 5.39. The van der Waals surface area contributed by atoms with Gasteiger partial charge in [-0.25, -0.2) is 4.98 Å². The number of fused-ring (bicyclic) bond motifs is 3. The number of anilines is 1. The number of carbonyl (C=O) groups excluding carboxylic acids is 1. The second-order valence-corrected chi connectivity index (χ2v) is 8.00. The Labute approximate surface area is 171 Å². The van der Waals surface area contributed by atoms with E-state index in [4.69, 9.17) is 4.98 Å². The van der Waals surface area contributed by atoms with Crippen molar-refractivity contribution in [3.8, 4) is 0 Å². The molecule has 7 nitrogen and oxygen atoms in total. The number of nitrogens with zero attached hydrogens (tertiary/aromatic N) is 6. The lowest BCUT2D eigenvalue weighted by Crippen LogP contribution is -2.35. The fourth-order valence-electron chi connectivity index (χ4n) is 4.35. The molecule has 0 aliphatic carbocycles. The molecule has 154 valence electrons. The van der Waals surface area contributed by atoms with Crippen LogP contribution in [0, 0.1) is 0 Å². The molecule has 4 rings (SSSR count). The van der Waals surface area contributed by atoms with Crippen molar-refractivity contribution < 1.29 is 4.79 Å². The smallest absolute Gasteiger partial charge is 0.259 e. The molecule has 0 bridgehead atoms. The van der Waals surface area contributed by atoms with Crippen LogP contribution >= 0.6 is 0 Å². The molecule has 1 aliphatic heterocycles. The molecular weight excluding hydrogens is 364 g/mol. The number of carbonyl (C=O) groups is 1. The highest BCUT2D eigenvalue weighted by Gasteiger charge is 2.30. The lowest BCUT2D eigenvalue weighted by atomic mass is 10.0. The number of piperidine rings is 1. The highest BCUT2D eigenvalue weighted by molar-refractivity contribution is 6.12. The normalized spacial score (nSPS) is 14.9. The number of aromatic nitrogens is 4. The van der Waals surface area contributed by atoms with Gasteiger partial charge in [0.15, 0.2) is 5.65 Å². The van der Waals surface area contributed by atoms with Gasteiger partial charge in [-0.1, -0.05) is 13.8 Å². The van der Waals surface area contributed by atoms with Crippen LogP contribution in [0.2, 0.25) is 0 Å². The molecule has 4 heterocycles. The lowest BCUT2D eigenvalue weighted by molar-refractivity contribution is 0.0775. The van der Waals surface area contributed by atoms with Crippen molar-refractivity contribution in [3.63, 3.8) is 0 Å². The van der Waals surface area contributed by atoms with Gasteiger partial charge >= 0.3 is 0 Å². The minimum absolute atomic E-state index is 0.0223. The molecule has 1 aliphatic rings. The molecular formula is C22H30N6O. The summed E-state index contributed by atoms with van der Waals surface area (Å²) in [5, 5.41) is 9.98. The lowest BCUT2D eigenvalue weighted by Gasteiger charge is -2.32. The van der Waals surface area contributed by atoms with Gasteiger partial charge in [-0.05, 0) is 45.2 Å². The minimum atomic E-state index is 0.0223. The van der Waals surface area contributed by atoms with E-state index in [1.165, 1.54) is 6.42 Å². The van der Waals surface area contributed by atoms with E-state index in [-0.39, 0.29) is 11.8 Å². The maximum absolute atomic E-state index is 13.7. The quantitative estimate of drug-likeness (QED) is 0.657. The molecule has 1 saturated heterocycles. The van der Waals surface area contributed by atoms with Gasteiger partial charge in [-0.3, -0.25) is 9.20 Å². The zero-order valence-electron chi connectivity index (χ0n) is 17.9. The summed E-state index contributed by atoms with van der Waals surface area (Å²) >= 11 is 0. The molecule has 0 saturated carbocycles. The molecule has 0 aromatic carbocycles. The van der Waals surface area contributed by atoms with Crippen LogP contribution in [0.3, 0.4) is 0 Å². The van der Waals surface area contributed by atoms with Gasteiger partial charge in [-0.2, -0.15) is 0 Å². The van der Waals surface area contributed by atoms with E-state index in [1.54, 1.807) is 6.20 Å². The van der Waals surface area contributed by atoms with Gasteiger partial charge in [0, 0.05) is 43.7 Å². The maximum Gasteiger partial charge on any atom is 0.259 e. The molecule has 0 spiro atoms. The van der Waals surface area contributed by atoms with E-state index in [1.807, 2.05) is 29.2 Å². The molecule has 3 aromatic heterocycles. The van der Waals surface area contributed by atoms with Crippen LogP contribution in [0.15, 0.2) is 18.3 Å². The first kappa shape index (κ1) is 19.6. The van der Waals surface area contributed by atoms with Crippen LogP contribution in [0.25, 0.3) is 16.7 Å². The van der Waals surface area contributed by atoms with Crippen LogP contribution < -0.4 is 4.90 Å². The largest absolute Gasteiger partial charge is 0.370 e. The predicted octanol–water partition coefficient (Wildman–Crippen LogP) is 3.87. The van der Waals surface area contributed by atoms with Crippen molar-refractivity contribution in [2.24, 2.45) is 0 Å². The molecule has 1 fully saturated rings. The Morgan fingerprint density at radius 1 is 1.10 bits per heavy atom. The summed E-state index contributed by atoms with van der Waals surface area (Å²) in [6.45, 7) is 11.4. The van der Waals surface area contributed by atoms with E-state index in [0.29, 0.717) is 24.3 Å². The molecule has 0 unspecified atom stereocenters. The molecule has 0 N–H and O–H groups in total. The maximum atomic E-state index is 13.7.